The zero-order valence-electron chi connectivity index (χ0n) is 13.4. The molecule has 1 rings (SSSR count). The SMILES string of the molecule is CCOC(=O)c1cc(OCC)c(C(=O)OCC)cc1OCC. The lowest BCUT2D eigenvalue weighted by Crippen LogP contribution is -2.13. The molecule has 0 saturated heterocycles. The summed E-state index contributed by atoms with van der Waals surface area (Å²) in [7, 11) is 0. The molecule has 0 bridgehead atoms. The van der Waals surface area contributed by atoms with Crippen LogP contribution in [0.3, 0.4) is 0 Å². The van der Waals surface area contributed by atoms with Gasteiger partial charge in [0.2, 0.25) is 0 Å². The molecule has 0 aliphatic heterocycles. The van der Waals surface area contributed by atoms with Gasteiger partial charge in [0.15, 0.2) is 0 Å². The molecule has 0 unspecified atom stereocenters. The van der Waals surface area contributed by atoms with E-state index < -0.39 is 11.9 Å². The number of ether oxygens (including phenoxy) is 4. The summed E-state index contributed by atoms with van der Waals surface area (Å²) in [6.45, 7) is 8.20. The minimum Gasteiger partial charge on any atom is -0.493 e. The van der Waals surface area contributed by atoms with E-state index >= 15 is 0 Å². The lowest BCUT2D eigenvalue weighted by molar-refractivity contribution is 0.0503. The Morgan fingerprint density at radius 1 is 0.727 bits per heavy atom. The summed E-state index contributed by atoms with van der Waals surface area (Å²) >= 11 is 0. The first kappa shape index (κ1) is 17.8. The number of benzene rings is 1. The molecule has 0 N–H and O–H groups in total. The Morgan fingerprint density at radius 2 is 1.09 bits per heavy atom. The van der Waals surface area contributed by atoms with Crippen molar-refractivity contribution in [2.75, 3.05) is 26.4 Å². The highest BCUT2D eigenvalue weighted by atomic mass is 16.5. The summed E-state index contributed by atoms with van der Waals surface area (Å²) in [5.74, 6) is -0.510. The van der Waals surface area contributed by atoms with E-state index in [1.807, 2.05) is 0 Å². The Labute approximate surface area is 130 Å². The van der Waals surface area contributed by atoms with Crippen LogP contribution in [0.25, 0.3) is 0 Å². The summed E-state index contributed by atoms with van der Waals surface area (Å²) in [4.78, 5) is 24.1. The summed E-state index contributed by atoms with van der Waals surface area (Å²) < 4.78 is 20.9. The van der Waals surface area contributed by atoms with Gasteiger partial charge in [0.05, 0.1) is 26.4 Å². The molecule has 0 fully saturated rings. The second-order valence-corrected chi connectivity index (χ2v) is 4.15. The van der Waals surface area contributed by atoms with Gasteiger partial charge in [0, 0.05) is 0 Å². The van der Waals surface area contributed by atoms with Crippen LogP contribution in [0, 0.1) is 0 Å². The standard InChI is InChI=1S/C16H22O6/c1-5-19-13-9-12(16(18)22-8-4)14(20-6-2)10-11(13)15(17)21-7-3/h9-10H,5-8H2,1-4H3. The fraction of sp³-hybridized carbons (Fsp3) is 0.500. The van der Waals surface area contributed by atoms with Crippen LogP contribution < -0.4 is 9.47 Å². The third kappa shape index (κ3) is 4.38. The molecule has 1 aromatic rings. The Bertz CT molecular complexity index is 476. The average molecular weight is 310 g/mol. The Balaban J connectivity index is 3.35. The average Bonchev–Trinajstić information content (AvgIpc) is 2.49. The van der Waals surface area contributed by atoms with Gasteiger partial charge in [-0.2, -0.15) is 0 Å². The van der Waals surface area contributed by atoms with Crippen molar-refractivity contribution in [3.8, 4) is 11.5 Å². The summed E-state index contributed by atoms with van der Waals surface area (Å²) in [6, 6.07) is 2.91. The molecule has 22 heavy (non-hydrogen) atoms. The van der Waals surface area contributed by atoms with Gasteiger partial charge in [-0.25, -0.2) is 9.59 Å². The highest BCUT2D eigenvalue weighted by molar-refractivity contribution is 5.98. The number of hydrogen-bond donors (Lipinski definition) is 0. The molecule has 1 aromatic carbocycles. The topological polar surface area (TPSA) is 71.1 Å². The van der Waals surface area contributed by atoms with Gasteiger partial charge >= 0.3 is 11.9 Å². The van der Waals surface area contributed by atoms with E-state index in [1.165, 1.54) is 12.1 Å². The predicted octanol–water partition coefficient (Wildman–Crippen LogP) is 2.84. The molecule has 0 saturated carbocycles. The zero-order valence-corrected chi connectivity index (χ0v) is 13.4. The van der Waals surface area contributed by atoms with Gasteiger partial charge in [-0.1, -0.05) is 0 Å². The summed E-state index contributed by atoms with van der Waals surface area (Å²) in [5.41, 5.74) is 0.445. The molecule has 0 spiro atoms. The fourth-order valence-electron chi connectivity index (χ4n) is 1.85. The van der Waals surface area contributed by atoms with Gasteiger partial charge in [-0.05, 0) is 39.8 Å². The van der Waals surface area contributed by atoms with Gasteiger partial charge in [-0.15, -0.1) is 0 Å². The van der Waals surface area contributed by atoms with E-state index in [0.29, 0.717) is 13.2 Å². The first-order chi connectivity index (χ1) is 10.6. The van der Waals surface area contributed by atoms with E-state index in [2.05, 4.69) is 0 Å². The second kappa shape index (κ2) is 8.92. The molecule has 0 aliphatic rings. The second-order valence-electron chi connectivity index (χ2n) is 4.15. The van der Waals surface area contributed by atoms with Gasteiger partial charge in [-0.3, -0.25) is 0 Å². The maximum Gasteiger partial charge on any atom is 0.342 e. The van der Waals surface area contributed by atoms with Crippen LogP contribution in [0.1, 0.15) is 48.4 Å². The van der Waals surface area contributed by atoms with Crippen molar-refractivity contribution in [2.24, 2.45) is 0 Å². The lowest BCUT2D eigenvalue weighted by atomic mass is 10.1. The van der Waals surface area contributed by atoms with Crippen LogP contribution in [0.4, 0.5) is 0 Å². The summed E-state index contributed by atoms with van der Waals surface area (Å²) in [6.07, 6.45) is 0. The molecule has 0 amide bonds. The summed E-state index contributed by atoms with van der Waals surface area (Å²) in [5, 5.41) is 0. The fourth-order valence-corrected chi connectivity index (χ4v) is 1.85. The lowest BCUT2D eigenvalue weighted by Gasteiger charge is -2.15. The molecule has 0 atom stereocenters. The Morgan fingerprint density at radius 3 is 1.36 bits per heavy atom. The molecule has 122 valence electrons. The van der Waals surface area contributed by atoms with Gasteiger partial charge < -0.3 is 18.9 Å². The van der Waals surface area contributed by atoms with Crippen LogP contribution in [-0.4, -0.2) is 38.4 Å². The third-order valence-electron chi connectivity index (χ3n) is 2.67. The third-order valence-corrected chi connectivity index (χ3v) is 2.67. The van der Waals surface area contributed by atoms with Crippen molar-refractivity contribution >= 4 is 11.9 Å². The van der Waals surface area contributed by atoms with Crippen molar-refractivity contribution in [3.63, 3.8) is 0 Å². The molecule has 0 aromatic heterocycles. The van der Waals surface area contributed by atoms with E-state index in [-0.39, 0.29) is 35.8 Å². The first-order valence-corrected chi connectivity index (χ1v) is 7.36. The normalized spacial score (nSPS) is 10.0. The maximum atomic E-state index is 12.0. The van der Waals surface area contributed by atoms with Crippen LogP contribution >= 0.6 is 0 Å². The number of carbonyl (C=O) groups excluding carboxylic acids is 2. The smallest absolute Gasteiger partial charge is 0.342 e. The van der Waals surface area contributed by atoms with Crippen molar-refractivity contribution in [1.82, 2.24) is 0 Å². The highest BCUT2D eigenvalue weighted by Gasteiger charge is 2.22. The molecule has 6 nitrogen and oxygen atoms in total. The number of esters is 2. The van der Waals surface area contributed by atoms with Crippen molar-refractivity contribution < 1.29 is 28.5 Å². The minimum atomic E-state index is -0.526. The van der Waals surface area contributed by atoms with E-state index in [4.69, 9.17) is 18.9 Å². The van der Waals surface area contributed by atoms with E-state index in [9.17, 15) is 9.59 Å². The number of rotatable bonds is 8. The molecular formula is C16H22O6. The quantitative estimate of drug-likeness (QED) is 0.688. The predicted molar refractivity (Wildman–Crippen MR) is 80.7 cm³/mol. The van der Waals surface area contributed by atoms with Crippen LogP contribution in [0.2, 0.25) is 0 Å². The van der Waals surface area contributed by atoms with Crippen molar-refractivity contribution in [1.29, 1.82) is 0 Å². The molecule has 6 heteroatoms. The molecule has 0 aliphatic carbocycles. The van der Waals surface area contributed by atoms with Crippen LogP contribution in [0.5, 0.6) is 11.5 Å². The molecular weight excluding hydrogens is 288 g/mol. The highest BCUT2D eigenvalue weighted by Crippen LogP contribution is 2.30. The van der Waals surface area contributed by atoms with E-state index in [1.54, 1.807) is 27.7 Å². The van der Waals surface area contributed by atoms with E-state index in [0.717, 1.165) is 0 Å². The first-order valence-electron chi connectivity index (χ1n) is 7.36. The molecule has 0 heterocycles. The van der Waals surface area contributed by atoms with Gasteiger partial charge in [0.1, 0.15) is 22.6 Å². The monoisotopic (exact) mass is 310 g/mol. The Hall–Kier alpha value is -2.24. The largest absolute Gasteiger partial charge is 0.493 e. The minimum absolute atomic E-state index is 0.222. The van der Waals surface area contributed by atoms with Gasteiger partial charge in [0.25, 0.3) is 0 Å². The number of carbonyl (C=O) groups is 2. The maximum absolute atomic E-state index is 12.0. The van der Waals surface area contributed by atoms with Crippen LogP contribution in [0.15, 0.2) is 12.1 Å². The molecule has 0 radical (unpaired) electrons. The van der Waals surface area contributed by atoms with Crippen LogP contribution in [-0.2, 0) is 9.47 Å². The number of hydrogen-bond acceptors (Lipinski definition) is 6. The van der Waals surface area contributed by atoms with Crippen molar-refractivity contribution in [2.45, 2.75) is 27.7 Å². The van der Waals surface area contributed by atoms with Crippen molar-refractivity contribution in [3.05, 3.63) is 23.3 Å². The zero-order chi connectivity index (χ0) is 16.5. The Kier molecular flexibility index (Phi) is 7.22.